The zero-order valence-electron chi connectivity index (χ0n) is 22.6. The van der Waals surface area contributed by atoms with Crippen molar-refractivity contribution in [3.63, 3.8) is 0 Å². The molecular weight excluding hydrogens is 525 g/mol. The van der Waals surface area contributed by atoms with Crippen molar-refractivity contribution in [2.24, 2.45) is 7.05 Å². The molecular formula is C28H31F3N6O3. The van der Waals surface area contributed by atoms with Crippen molar-refractivity contribution in [2.75, 3.05) is 32.9 Å². The zero-order valence-corrected chi connectivity index (χ0v) is 22.6. The third-order valence-electron chi connectivity index (χ3n) is 7.84. The van der Waals surface area contributed by atoms with Crippen LogP contribution in [0.1, 0.15) is 36.4 Å². The number of aryl methyl sites for hydroxylation is 1. The average molecular weight is 557 g/mol. The number of hydrogen-bond acceptors (Lipinski definition) is 6. The number of hydrogen-bond donors (Lipinski definition) is 0. The minimum atomic E-state index is -4.63. The van der Waals surface area contributed by atoms with E-state index in [1.165, 1.54) is 17.0 Å². The molecule has 0 unspecified atom stereocenters. The first kappa shape index (κ1) is 26.7. The lowest BCUT2D eigenvalue weighted by Gasteiger charge is -2.41. The molecule has 3 aromatic heterocycles. The average Bonchev–Trinajstić information content (AvgIpc) is 3.42. The maximum atomic E-state index is 14.2. The second kappa shape index (κ2) is 9.57. The Morgan fingerprint density at radius 1 is 1.12 bits per heavy atom. The van der Waals surface area contributed by atoms with Crippen LogP contribution in [-0.4, -0.2) is 67.1 Å². The Bertz CT molecular complexity index is 1620. The molecule has 2 aliphatic rings. The summed E-state index contributed by atoms with van der Waals surface area (Å²) in [6.07, 6.45) is 0.385. The van der Waals surface area contributed by atoms with Crippen LogP contribution in [0.5, 0.6) is 0 Å². The predicted octanol–water partition coefficient (Wildman–Crippen LogP) is 3.36. The zero-order chi connectivity index (χ0) is 28.3. The molecule has 2 saturated heterocycles. The van der Waals surface area contributed by atoms with Gasteiger partial charge in [-0.3, -0.25) is 13.9 Å². The molecule has 0 saturated carbocycles. The monoisotopic (exact) mass is 556 g/mol. The van der Waals surface area contributed by atoms with Gasteiger partial charge in [0.05, 0.1) is 42.2 Å². The third-order valence-corrected chi connectivity index (χ3v) is 7.84. The van der Waals surface area contributed by atoms with Crippen molar-refractivity contribution in [2.45, 2.75) is 44.0 Å². The van der Waals surface area contributed by atoms with Gasteiger partial charge in [0.25, 0.3) is 0 Å². The topological polar surface area (TPSA) is 78.8 Å². The normalized spacial score (nSPS) is 19.1. The van der Waals surface area contributed by atoms with Crippen molar-refractivity contribution < 1.29 is 22.6 Å². The number of alkyl halides is 3. The fourth-order valence-corrected chi connectivity index (χ4v) is 5.73. The molecule has 0 aliphatic carbocycles. The Labute approximate surface area is 228 Å². The number of nitrogens with zero attached hydrogens (tertiary/aromatic N) is 6. The van der Waals surface area contributed by atoms with Gasteiger partial charge in [-0.25, -0.2) is 4.79 Å². The van der Waals surface area contributed by atoms with Gasteiger partial charge in [0.15, 0.2) is 0 Å². The highest BCUT2D eigenvalue weighted by Crippen LogP contribution is 2.37. The maximum absolute atomic E-state index is 14.2. The summed E-state index contributed by atoms with van der Waals surface area (Å²) in [7, 11) is 1.87. The fraction of sp³-hybridized carbons (Fsp3) is 0.464. The van der Waals surface area contributed by atoms with Crippen LogP contribution >= 0.6 is 0 Å². The van der Waals surface area contributed by atoms with Crippen LogP contribution < -0.4 is 5.69 Å². The van der Waals surface area contributed by atoms with Crippen LogP contribution in [0.15, 0.2) is 53.8 Å². The van der Waals surface area contributed by atoms with Crippen molar-refractivity contribution in [3.8, 4) is 5.69 Å². The molecule has 0 amide bonds. The summed E-state index contributed by atoms with van der Waals surface area (Å²) >= 11 is 0. The number of halogens is 3. The Kier molecular flexibility index (Phi) is 6.39. The quantitative estimate of drug-likeness (QED) is 0.363. The predicted molar refractivity (Wildman–Crippen MR) is 141 cm³/mol. The molecule has 0 N–H and O–H groups in total. The highest BCUT2D eigenvalue weighted by atomic mass is 19.4. The molecule has 6 rings (SSSR count). The van der Waals surface area contributed by atoms with E-state index in [0.717, 1.165) is 21.9 Å². The summed E-state index contributed by atoms with van der Waals surface area (Å²) in [6.45, 7) is 6.80. The Hall–Kier alpha value is -3.48. The van der Waals surface area contributed by atoms with Gasteiger partial charge < -0.3 is 14.0 Å². The fourth-order valence-electron chi connectivity index (χ4n) is 5.73. The van der Waals surface area contributed by atoms with Gasteiger partial charge in [-0.15, -0.1) is 10.2 Å². The smallest absolute Gasteiger partial charge is 0.379 e. The number of morpholine rings is 1. The highest BCUT2D eigenvalue weighted by molar-refractivity contribution is 5.58. The summed E-state index contributed by atoms with van der Waals surface area (Å²) in [5.41, 5.74) is -0.515. The number of rotatable bonds is 6. The van der Waals surface area contributed by atoms with Gasteiger partial charge in [0.1, 0.15) is 12.2 Å². The molecule has 4 aromatic rings. The van der Waals surface area contributed by atoms with E-state index in [2.05, 4.69) is 10.2 Å². The van der Waals surface area contributed by atoms with Crippen LogP contribution in [0, 0.1) is 0 Å². The van der Waals surface area contributed by atoms with Crippen molar-refractivity contribution in [3.05, 3.63) is 82.1 Å². The number of ether oxygens (including phenoxy) is 2. The Morgan fingerprint density at radius 3 is 2.58 bits per heavy atom. The van der Waals surface area contributed by atoms with Crippen molar-refractivity contribution >= 4 is 5.52 Å². The molecule has 2 aliphatic heterocycles. The summed E-state index contributed by atoms with van der Waals surface area (Å²) < 4.78 is 58.3. The molecule has 12 heteroatoms. The molecule has 1 aromatic carbocycles. The van der Waals surface area contributed by atoms with E-state index in [0.29, 0.717) is 50.6 Å². The van der Waals surface area contributed by atoms with E-state index in [9.17, 15) is 18.0 Å². The molecule has 0 spiro atoms. The molecule has 212 valence electrons. The van der Waals surface area contributed by atoms with Crippen molar-refractivity contribution in [1.82, 2.24) is 28.6 Å². The van der Waals surface area contributed by atoms with Gasteiger partial charge in [-0.05, 0) is 43.2 Å². The number of fused-ring (bicyclic) bond motifs is 1. The number of benzene rings is 1. The van der Waals surface area contributed by atoms with Gasteiger partial charge in [-0.1, -0.05) is 12.1 Å². The van der Waals surface area contributed by atoms with E-state index in [-0.39, 0.29) is 17.5 Å². The molecule has 0 bridgehead atoms. The van der Waals surface area contributed by atoms with Gasteiger partial charge >= 0.3 is 11.9 Å². The first-order chi connectivity index (χ1) is 18.9. The van der Waals surface area contributed by atoms with Crippen LogP contribution in [0.3, 0.4) is 0 Å². The van der Waals surface area contributed by atoms with E-state index in [4.69, 9.17) is 9.47 Å². The van der Waals surface area contributed by atoms with E-state index in [1.54, 1.807) is 12.4 Å². The summed E-state index contributed by atoms with van der Waals surface area (Å²) in [5, 5.41) is 8.16. The standard InChI is InChI=1S/C28H31F3N6O3/c1-26(2)15-35(7-8-40-26)12-19-9-22(28(29,30)31)23-14-36(25(38)37(23)13-19)21-6-4-5-20(10-21)27(16-39-17-27)11-24-33-32-18-34(24)3/h4-6,9-10,13-14,18H,7-8,11-12,15-17H2,1-3H3. The minimum absolute atomic E-state index is 0.185. The van der Waals surface area contributed by atoms with E-state index in [1.807, 2.05) is 48.6 Å². The first-order valence-electron chi connectivity index (χ1n) is 13.2. The van der Waals surface area contributed by atoms with Gasteiger partial charge in [0, 0.05) is 50.9 Å². The van der Waals surface area contributed by atoms with Crippen LogP contribution in [-0.2, 0) is 41.1 Å². The summed E-state index contributed by atoms with van der Waals surface area (Å²) in [5.74, 6) is 0.798. The molecule has 0 radical (unpaired) electrons. The molecule has 9 nitrogen and oxygen atoms in total. The van der Waals surface area contributed by atoms with Crippen LogP contribution in [0.25, 0.3) is 11.2 Å². The largest absolute Gasteiger partial charge is 0.418 e. The minimum Gasteiger partial charge on any atom is -0.379 e. The van der Waals surface area contributed by atoms with Crippen LogP contribution in [0.4, 0.5) is 13.2 Å². The number of imidazole rings is 1. The highest BCUT2D eigenvalue weighted by Gasteiger charge is 2.42. The third kappa shape index (κ3) is 4.84. The summed E-state index contributed by atoms with van der Waals surface area (Å²) in [4.78, 5) is 15.6. The Balaban J connectivity index is 1.39. The van der Waals surface area contributed by atoms with Gasteiger partial charge in [-0.2, -0.15) is 13.2 Å². The first-order valence-corrected chi connectivity index (χ1v) is 13.2. The lowest BCUT2D eigenvalue weighted by Crippen LogP contribution is -2.49. The maximum Gasteiger partial charge on any atom is 0.418 e. The second-order valence-electron chi connectivity index (χ2n) is 11.5. The lowest BCUT2D eigenvalue weighted by molar-refractivity contribution is -0.136. The van der Waals surface area contributed by atoms with E-state index < -0.39 is 23.0 Å². The van der Waals surface area contributed by atoms with Crippen LogP contribution in [0.2, 0.25) is 0 Å². The number of pyridine rings is 1. The molecule has 40 heavy (non-hydrogen) atoms. The van der Waals surface area contributed by atoms with E-state index >= 15 is 0 Å². The lowest BCUT2D eigenvalue weighted by atomic mass is 9.75. The van der Waals surface area contributed by atoms with Gasteiger partial charge in [0.2, 0.25) is 0 Å². The van der Waals surface area contributed by atoms with Crippen molar-refractivity contribution in [1.29, 1.82) is 0 Å². The molecule has 2 fully saturated rings. The second-order valence-corrected chi connectivity index (χ2v) is 11.5. The molecule has 0 atom stereocenters. The SMILES string of the molecule is Cn1cnnc1CC1(c2cccc(-n3cc4c(C(F)(F)F)cc(CN5CCOC(C)(C)C5)cn4c3=O)c2)COC1. The number of aromatic nitrogens is 5. The summed E-state index contributed by atoms with van der Waals surface area (Å²) in [6, 6.07) is 8.49. The Morgan fingerprint density at radius 2 is 1.93 bits per heavy atom. The molecule has 5 heterocycles.